The molecule has 0 bridgehead atoms. The normalized spacial score (nSPS) is 17.1. The molecule has 124 valence electrons. The lowest BCUT2D eigenvalue weighted by atomic mass is 10.0. The van der Waals surface area contributed by atoms with E-state index >= 15 is 0 Å². The molecule has 3 N–H and O–H groups in total. The molecule has 1 aromatic rings. The van der Waals surface area contributed by atoms with Crippen molar-refractivity contribution in [3.8, 4) is 0 Å². The fourth-order valence-corrected chi connectivity index (χ4v) is 4.93. The van der Waals surface area contributed by atoms with E-state index < -0.39 is 26.3 Å². The van der Waals surface area contributed by atoms with Crippen molar-refractivity contribution in [3.63, 3.8) is 0 Å². The van der Waals surface area contributed by atoms with Crippen LogP contribution in [0.5, 0.6) is 0 Å². The lowest BCUT2D eigenvalue weighted by Gasteiger charge is -2.19. The van der Waals surface area contributed by atoms with Crippen LogP contribution in [0.3, 0.4) is 0 Å². The van der Waals surface area contributed by atoms with Gasteiger partial charge in [-0.2, -0.15) is 0 Å². The minimum Gasteiger partial charge on any atom is -0.386 e. The van der Waals surface area contributed by atoms with Gasteiger partial charge in [0.25, 0.3) is 0 Å². The zero-order valence-corrected chi connectivity index (χ0v) is 15.4. The summed E-state index contributed by atoms with van der Waals surface area (Å²) in [4.78, 5) is 0. The van der Waals surface area contributed by atoms with Gasteiger partial charge in [-0.15, -0.1) is 0 Å². The summed E-state index contributed by atoms with van der Waals surface area (Å²) in [6.45, 7) is 5.67. The molecule has 1 fully saturated rings. The Labute approximate surface area is 139 Å². The second-order valence-corrected chi connectivity index (χ2v) is 8.52. The van der Waals surface area contributed by atoms with E-state index in [2.05, 4.69) is 15.9 Å². The van der Waals surface area contributed by atoms with Crippen molar-refractivity contribution in [2.45, 2.75) is 44.3 Å². The first-order valence-corrected chi connectivity index (χ1v) is 9.66. The van der Waals surface area contributed by atoms with Crippen LogP contribution in [-0.2, 0) is 9.84 Å². The van der Waals surface area contributed by atoms with Crippen molar-refractivity contribution < 1.29 is 12.8 Å². The Kier molecular flexibility index (Phi) is 6.15. The fourth-order valence-electron chi connectivity index (χ4n) is 2.33. The lowest BCUT2D eigenvalue weighted by molar-refractivity contribution is 0.574. The van der Waals surface area contributed by atoms with E-state index in [0.717, 1.165) is 0 Å². The Bertz CT molecular complexity index is 658. The van der Waals surface area contributed by atoms with Crippen LogP contribution in [0.4, 0.5) is 4.39 Å². The van der Waals surface area contributed by atoms with E-state index in [4.69, 9.17) is 11.1 Å². The van der Waals surface area contributed by atoms with Crippen molar-refractivity contribution in [1.29, 1.82) is 5.41 Å². The van der Waals surface area contributed by atoms with Crippen LogP contribution >= 0.6 is 15.9 Å². The Morgan fingerprint density at radius 1 is 1.45 bits per heavy atom. The number of halogens is 2. The van der Waals surface area contributed by atoms with Crippen molar-refractivity contribution in [3.05, 3.63) is 34.1 Å². The van der Waals surface area contributed by atoms with Gasteiger partial charge in [-0.05, 0) is 42.5 Å². The highest BCUT2D eigenvalue weighted by Crippen LogP contribution is 2.45. The van der Waals surface area contributed by atoms with Crippen molar-refractivity contribution in [1.82, 2.24) is 0 Å². The summed E-state index contributed by atoms with van der Waals surface area (Å²) in [7, 11) is -3.56. The summed E-state index contributed by atoms with van der Waals surface area (Å²) in [5.74, 6) is -1.43. The number of sulfone groups is 1. The lowest BCUT2D eigenvalue weighted by Crippen LogP contribution is -2.40. The van der Waals surface area contributed by atoms with Gasteiger partial charge in [0.15, 0.2) is 9.84 Å². The quantitative estimate of drug-likeness (QED) is 0.592. The van der Waals surface area contributed by atoms with Gasteiger partial charge in [-0.3, -0.25) is 5.41 Å². The first-order chi connectivity index (χ1) is 10.2. The van der Waals surface area contributed by atoms with Gasteiger partial charge < -0.3 is 5.73 Å². The number of benzene rings is 1. The molecule has 0 spiro atoms. The number of hydrogen-bond acceptors (Lipinski definition) is 3. The third-order valence-electron chi connectivity index (χ3n) is 3.75. The molecule has 1 aliphatic carbocycles. The van der Waals surface area contributed by atoms with E-state index in [1.54, 1.807) is 19.1 Å². The fraction of sp³-hybridized carbons (Fsp3) is 0.533. The van der Waals surface area contributed by atoms with Gasteiger partial charge >= 0.3 is 0 Å². The minimum absolute atomic E-state index is 0.208. The second kappa shape index (κ2) is 7.08. The van der Waals surface area contributed by atoms with Gasteiger partial charge in [-0.25, -0.2) is 12.8 Å². The molecule has 1 aromatic carbocycles. The molecule has 0 amide bonds. The summed E-state index contributed by atoms with van der Waals surface area (Å²) >= 11 is 3.25. The maximum Gasteiger partial charge on any atom is 0.163 e. The summed E-state index contributed by atoms with van der Waals surface area (Å²) < 4.78 is 38.0. The van der Waals surface area contributed by atoms with Gasteiger partial charge in [0.1, 0.15) is 16.4 Å². The Morgan fingerprint density at radius 3 is 2.45 bits per heavy atom. The largest absolute Gasteiger partial charge is 0.386 e. The van der Waals surface area contributed by atoms with Gasteiger partial charge in [-0.1, -0.05) is 36.7 Å². The van der Waals surface area contributed by atoms with Crippen molar-refractivity contribution >= 4 is 31.6 Å². The summed E-state index contributed by atoms with van der Waals surface area (Å²) in [6, 6.07) is 4.46. The molecule has 7 heteroatoms. The van der Waals surface area contributed by atoms with E-state index in [0.29, 0.717) is 22.9 Å². The molecule has 0 radical (unpaired) electrons. The standard InChI is InChI=1S/C13H16BrFN2O2S.C2H6/c1-8(10-6-9(14)2-3-11(10)15)7-20(18,19)13(4-5-13)12(16)17;1-2/h2-3,6,8H,4-5,7H2,1H3,(H3,16,17);1-2H3. The Morgan fingerprint density at radius 2 is 2.00 bits per heavy atom. The predicted molar refractivity (Wildman–Crippen MR) is 91.5 cm³/mol. The minimum atomic E-state index is -3.56. The average molecular weight is 393 g/mol. The number of rotatable bonds is 5. The van der Waals surface area contributed by atoms with Gasteiger partial charge in [0.05, 0.1) is 5.75 Å². The van der Waals surface area contributed by atoms with Gasteiger partial charge in [0.2, 0.25) is 0 Å². The molecule has 1 atom stereocenters. The Balaban J connectivity index is 0.00000116. The van der Waals surface area contributed by atoms with Crippen LogP contribution in [0.2, 0.25) is 0 Å². The first-order valence-electron chi connectivity index (χ1n) is 7.21. The number of amidine groups is 1. The Hall–Kier alpha value is -0.950. The zero-order chi connectivity index (χ0) is 17.1. The van der Waals surface area contributed by atoms with E-state index in [9.17, 15) is 12.8 Å². The molecular formula is C15H22BrFN2O2S. The highest BCUT2D eigenvalue weighted by molar-refractivity contribution is 9.10. The molecule has 0 heterocycles. The molecule has 1 saturated carbocycles. The van der Waals surface area contributed by atoms with Crippen molar-refractivity contribution in [2.24, 2.45) is 5.73 Å². The SMILES string of the molecule is CC.CC(CS(=O)(=O)C1(C(=N)N)CC1)c1cc(Br)ccc1F. The highest BCUT2D eigenvalue weighted by atomic mass is 79.9. The van der Waals surface area contributed by atoms with Gasteiger partial charge in [0, 0.05) is 4.47 Å². The molecular weight excluding hydrogens is 371 g/mol. The zero-order valence-electron chi connectivity index (χ0n) is 13.0. The first kappa shape index (κ1) is 19.1. The average Bonchev–Trinajstić information content (AvgIpc) is 3.25. The van der Waals surface area contributed by atoms with Crippen LogP contribution in [0.25, 0.3) is 0 Å². The highest BCUT2D eigenvalue weighted by Gasteiger charge is 2.57. The van der Waals surface area contributed by atoms with Crippen LogP contribution in [0, 0.1) is 11.2 Å². The van der Waals surface area contributed by atoms with E-state index in [1.807, 2.05) is 13.8 Å². The van der Waals surface area contributed by atoms with E-state index in [1.165, 1.54) is 6.07 Å². The van der Waals surface area contributed by atoms with Crippen LogP contribution in [0.15, 0.2) is 22.7 Å². The molecule has 1 unspecified atom stereocenters. The second-order valence-electron chi connectivity index (χ2n) is 5.26. The number of nitrogens with one attached hydrogen (secondary N) is 1. The topological polar surface area (TPSA) is 84.0 Å². The molecule has 0 aromatic heterocycles. The number of nitrogens with two attached hydrogens (primary N) is 1. The van der Waals surface area contributed by atoms with Crippen molar-refractivity contribution in [2.75, 3.05) is 5.75 Å². The van der Waals surface area contributed by atoms with E-state index in [-0.39, 0.29) is 11.6 Å². The molecule has 2 rings (SSSR count). The summed E-state index contributed by atoms with van der Waals surface area (Å²) in [6.07, 6.45) is 0.775. The summed E-state index contributed by atoms with van der Waals surface area (Å²) in [5.41, 5.74) is 5.76. The molecule has 1 aliphatic rings. The van der Waals surface area contributed by atoms with Crippen LogP contribution < -0.4 is 5.73 Å². The van der Waals surface area contributed by atoms with Crippen LogP contribution in [0.1, 0.15) is 45.1 Å². The maximum absolute atomic E-state index is 13.8. The molecule has 4 nitrogen and oxygen atoms in total. The third kappa shape index (κ3) is 3.68. The molecule has 0 saturated heterocycles. The molecule has 0 aliphatic heterocycles. The monoisotopic (exact) mass is 392 g/mol. The summed E-state index contributed by atoms with van der Waals surface area (Å²) in [5, 5.41) is 7.46. The smallest absolute Gasteiger partial charge is 0.163 e. The van der Waals surface area contributed by atoms with Crippen LogP contribution in [-0.4, -0.2) is 24.8 Å². The maximum atomic E-state index is 13.8. The third-order valence-corrected chi connectivity index (χ3v) is 7.00. The predicted octanol–water partition coefficient (Wildman–Crippen LogP) is 3.60. The number of hydrogen-bond donors (Lipinski definition) is 2. The molecule has 22 heavy (non-hydrogen) atoms.